The van der Waals surface area contributed by atoms with E-state index in [0.29, 0.717) is 6.42 Å². The second-order valence-corrected chi connectivity index (χ2v) is 14.2. The van der Waals surface area contributed by atoms with E-state index in [4.69, 9.17) is 15.9 Å². The molecule has 2 amide bonds. The van der Waals surface area contributed by atoms with Crippen LogP contribution in [0.5, 0.6) is 0 Å². The Morgan fingerprint density at radius 1 is 0.978 bits per heavy atom. The van der Waals surface area contributed by atoms with Crippen molar-refractivity contribution < 1.29 is 27.5 Å². The van der Waals surface area contributed by atoms with Gasteiger partial charge in [0.25, 0.3) is 0 Å². The van der Waals surface area contributed by atoms with Gasteiger partial charge in [0, 0.05) is 25.2 Å². The lowest BCUT2D eigenvalue weighted by atomic mass is 10.0. The van der Waals surface area contributed by atoms with Gasteiger partial charge in [-0.15, -0.1) is 6.42 Å². The van der Waals surface area contributed by atoms with Crippen LogP contribution < -0.4 is 22.0 Å². The van der Waals surface area contributed by atoms with Gasteiger partial charge in [-0.05, 0) is 51.2 Å². The van der Waals surface area contributed by atoms with Crippen LogP contribution in [0.25, 0.3) is 0 Å². The van der Waals surface area contributed by atoms with Crippen molar-refractivity contribution in [3.63, 3.8) is 0 Å². The van der Waals surface area contributed by atoms with E-state index in [-0.39, 0.29) is 36.6 Å². The number of alkyl carbamates (subject to hydrolysis) is 2. The fourth-order valence-corrected chi connectivity index (χ4v) is 6.92. The van der Waals surface area contributed by atoms with Gasteiger partial charge in [0.05, 0.1) is 18.0 Å². The number of amides is 2. The number of nitrogens with zero attached hydrogens (tertiary/aromatic N) is 4. The zero-order valence-electron chi connectivity index (χ0n) is 26.2. The van der Waals surface area contributed by atoms with Crippen molar-refractivity contribution in [2.75, 3.05) is 13.1 Å². The summed E-state index contributed by atoms with van der Waals surface area (Å²) in [5, 5.41) is 5.46. The third-order valence-electron chi connectivity index (χ3n) is 8.40. The van der Waals surface area contributed by atoms with Gasteiger partial charge >= 0.3 is 23.6 Å². The lowest BCUT2D eigenvalue weighted by Gasteiger charge is -2.39. The Bertz CT molecular complexity index is 1680. The molecule has 3 atom stereocenters. The van der Waals surface area contributed by atoms with Crippen LogP contribution in [0.4, 0.5) is 9.59 Å². The average molecular weight is 659 g/mol. The number of sulfonamides is 1. The summed E-state index contributed by atoms with van der Waals surface area (Å²) in [5.41, 5.74) is -0.462. The number of ether oxygens (including phenoxy) is 2. The van der Waals surface area contributed by atoms with Crippen LogP contribution in [-0.2, 0) is 32.6 Å². The molecule has 2 heterocycles. The minimum atomic E-state index is -4.22. The molecular formula is C31H42N6O8S. The van der Waals surface area contributed by atoms with Crippen LogP contribution in [0.2, 0.25) is 0 Å². The number of fused-ring (bicyclic) bond motifs is 1. The van der Waals surface area contributed by atoms with E-state index < -0.39 is 58.4 Å². The first kappa shape index (κ1) is 33.3. The highest BCUT2D eigenvalue weighted by Crippen LogP contribution is 2.29. The van der Waals surface area contributed by atoms with Crippen LogP contribution in [0.3, 0.4) is 0 Å². The summed E-state index contributed by atoms with van der Waals surface area (Å²) in [6, 6.07) is 4.82. The summed E-state index contributed by atoms with van der Waals surface area (Å²) >= 11 is 0. The second kappa shape index (κ2) is 14.2. The summed E-state index contributed by atoms with van der Waals surface area (Å²) in [7, 11) is -4.22. The number of hydrogen-bond donors (Lipinski definition) is 2. The molecule has 14 nitrogen and oxygen atoms in total. The second-order valence-electron chi connectivity index (χ2n) is 12.2. The van der Waals surface area contributed by atoms with Crippen LogP contribution >= 0.6 is 0 Å². The molecule has 2 fully saturated rings. The van der Waals surface area contributed by atoms with Gasteiger partial charge < -0.3 is 20.1 Å². The van der Waals surface area contributed by atoms with Crippen molar-refractivity contribution in [1.29, 1.82) is 0 Å². The van der Waals surface area contributed by atoms with Crippen molar-refractivity contribution in [2.24, 2.45) is 0 Å². The molecule has 1 aromatic carbocycles. The summed E-state index contributed by atoms with van der Waals surface area (Å²) in [6.45, 7) is 2.91. The first-order chi connectivity index (χ1) is 22.0. The van der Waals surface area contributed by atoms with Crippen molar-refractivity contribution in [3.8, 4) is 12.3 Å². The number of terminal acetylenes is 1. The molecule has 0 bridgehead atoms. The van der Waals surface area contributed by atoms with Gasteiger partial charge in [-0.3, -0.25) is 0 Å². The molecule has 1 aliphatic heterocycles. The van der Waals surface area contributed by atoms with E-state index >= 15 is 0 Å². The normalized spacial score (nSPS) is 20.9. The van der Waals surface area contributed by atoms with Crippen LogP contribution in [-0.4, -0.2) is 76.2 Å². The van der Waals surface area contributed by atoms with Gasteiger partial charge in [-0.2, -0.15) is 4.31 Å². The molecule has 2 N–H and O–H groups in total. The number of rotatable bonds is 14. The molecule has 2 aliphatic carbocycles. The molecule has 46 heavy (non-hydrogen) atoms. The standard InChI is InChI=1S/C31H42N6O8S/c1-4-6-7-8-18-35-30(40)36-20-26(44-28(38)32-22-11-12-22)27(45-29(39)33-23-13-14-23)25(37(36)31(35)41)19-34(17-5-2)46(42,43)24-15-9-21(3)10-16-24/h2,9-10,15-16,22-23,25-27H,4,6-8,11-14,17-20H2,1,3H3,(H,32,38)(H,33,39)/t25-,26+,27-/m1/s1. The molecule has 3 aliphatic rings. The van der Waals surface area contributed by atoms with E-state index in [9.17, 15) is 27.6 Å². The molecule has 2 saturated carbocycles. The molecule has 0 radical (unpaired) electrons. The maximum absolute atomic E-state index is 13.9. The van der Waals surface area contributed by atoms with Gasteiger partial charge in [-0.25, -0.2) is 41.5 Å². The zero-order chi connectivity index (χ0) is 33.0. The first-order valence-electron chi connectivity index (χ1n) is 15.9. The van der Waals surface area contributed by atoms with Crippen LogP contribution in [0.1, 0.15) is 69.9 Å². The molecule has 0 spiro atoms. The molecule has 0 saturated heterocycles. The highest BCUT2D eigenvalue weighted by Gasteiger charge is 2.47. The molecule has 1 aromatic heterocycles. The Hall–Kier alpha value is -4.03. The lowest BCUT2D eigenvalue weighted by Crippen LogP contribution is -2.57. The predicted octanol–water partition coefficient (Wildman–Crippen LogP) is 2.09. The van der Waals surface area contributed by atoms with Crippen molar-refractivity contribution in [3.05, 3.63) is 50.8 Å². The zero-order valence-corrected chi connectivity index (χ0v) is 27.0. The van der Waals surface area contributed by atoms with Crippen LogP contribution in [0.15, 0.2) is 38.8 Å². The Morgan fingerprint density at radius 3 is 2.20 bits per heavy atom. The smallest absolute Gasteiger partial charge is 0.407 e. The number of unbranched alkanes of at least 4 members (excludes halogenated alkanes) is 3. The predicted molar refractivity (Wildman–Crippen MR) is 168 cm³/mol. The Labute approximate surface area is 268 Å². The largest absolute Gasteiger partial charge is 0.440 e. The number of nitrogens with one attached hydrogen (secondary N) is 2. The maximum atomic E-state index is 13.9. The van der Waals surface area contributed by atoms with E-state index in [1.165, 1.54) is 12.1 Å². The summed E-state index contributed by atoms with van der Waals surface area (Å²) in [5.74, 6) is 2.37. The number of aromatic nitrogens is 3. The highest BCUT2D eigenvalue weighted by molar-refractivity contribution is 7.89. The minimum Gasteiger partial charge on any atom is -0.440 e. The molecule has 2 aromatic rings. The minimum absolute atomic E-state index is 0.0250. The third kappa shape index (κ3) is 7.67. The summed E-state index contributed by atoms with van der Waals surface area (Å²) in [6.07, 6.45) is 7.92. The monoisotopic (exact) mass is 658 g/mol. The maximum Gasteiger partial charge on any atom is 0.407 e. The Kier molecular flexibility index (Phi) is 10.3. The quantitative estimate of drug-likeness (QED) is 0.230. The molecule has 250 valence electrons. The average Bonchev–Trinajstić information content (AvgIpc) is 3.95. The number of aryl methyl sites for hydroxylation is 1. The van der Waals surface area contributed by atoms with Gasteiger partial charge in [0.1, 0.15) is 6.04 Å². The first-order valence-corrected chi connectivity index (χ1v) is 17.3. The van der Waals surface area contributed by atoms with E-state index in [2.05, 4.69) is 16.6 Å². The van der Waals surface area contributed by atoms with Gasteiger partial charge in [0.2, 0.25) is 10.0 Å². The highest BCUT2D eigenvalue weighted by atomic mass is 32.2. The Morgan fingerprint density at radius 2 is 1.61 bits per heavy atom. The SMILES string of the molecule is C#CCN(C[C@@H]1[C@@H](OC(=O)NC2CC2)[C@@H](OC(=O)NC2CC2)Cn2c(=O)n(CCCCCC)c(=O)n21)S(=O)(=O)c1ccc(C)cc1. The number of carbonyl (C=O) groups is 2. The van der Waals surface area contributed by atoms with Crippen LogP contribution in [0, 0.1) is 19.3 Å². The number of carbonyl (C=O) groups excluding carboxylic acids is 2. The van der Waals surface area contributed by atoms with Crippen molar-refractivity contribution >= 4 is 22.2 Å². The third-order valence-corrected chi connectivity index (χ3v) is 10.2. The molecule has 5 rings (SSSR count). The Balaban J connectivity index is 1.57. The number of benzene rings is 1. The summed E-state index contributed by atoms with van der Waals surface area (Å²) < 4.78 is 43.8. The topological polar surface area (TPSA) is 163 Å². The van der Waals surface area contributed by atoms with Gasteiger partial charge in [-0.1, -0.05) is 49.8 Å². The summed E-state index contributed by atoms with van der Waals surface area (Å²) in [4.78, 5) is 53.5. The van der Waals surface area contributed by atoms with Crippen molar-refractivity contribution in [1.82, 2.24) is 28.9 Å². The van der Waals surface area contributed by atoms with E-state index in [1.807, 2.05) is 13.8 Å². The molecular weight excluding hydrogens is 616 g/mol. The molecule has 0 unspecified atom stereocenters. The fourth-order valence-electron chi connectivity index (χ4n) is 5.55. The lowest BCUT2D eigenvalue weighted by molar-refractivity contribution is -0.0715. The number of hydrogen-bond acceptors (Lipinski definition) is 8. The van der Waals surface area contributed by atoms with Crippen molar-refractivity contribution in [2.45, 2.75) is 114 Å². The fraction of sp³-hybridized carbons (Fsp3) is 0.613. The molecule has 15 heteroatoms. The van der Waals surface area contributed by atoms with Gasteiger partial charge in [0.15, 0.2) is 12.2 Å². The van der Waals surface area contributed by atoms with E-state index in [0.717, 1.165) is 68.7 Å². The van der Waals surface area contributed by atoms with E-state index in [1.54, 1.807) is 12.1 Å².